The highest BCUT2D eigenvalue weighted by Crippen LogP contribution is 2.32. The lowest BCUT2D eigenvalue weighted by molar-refractivity contribution is 0.0921. The van der Waals surface area contributed by atoms with E-state index in [1.807, 2.05) is 0 Å². The van der Waals surface area contributed by atoms with Crippen molar-refractivity contribution in [3.05, 3.63) is 23.8 Å². The second-order valence-corrected chi connectivity index (χ2v) is 5.10. The molecule has 19 heavy (non-hydrogen) atoms. The Morgan fingerprint density at radius 3 is 2.84 bits per heavy atom. The third kappa shape index (κ3) is 2.51. The largest absolute Gasteiger partial charge is 0.454 e. The van der Waals surface area contributed by atoms with E-state index in [-0.39, 0.29) is 24.8 Å². The number of hydrogen-bond acceptors (Lipinski definition) is 4. The van der Waals surface area contributed by atoms with Gasteiger partial charge in [0, 0.05) is 17.6 Å². The Labute approximate surface area is 112 Å². The smallest absolute Gasteiger partial charge is 0.251 e. The molecule has 2 aliphatic rings. The fourth-order valence-electron chi connectivity index (χ4n) is 2.63. The Kier molecular flexibility index (Phi) is 3.29. The van der Waals surface area contributed by atoms with E-state index >= 15 is 0 Å². The van der Waals surface area contributed by atoms with Gasteiger partial charge in [0.05, 0.1) is 0 Å². The number of benzene rings is 1. The molecule has 1 amide bonds. The van der Waals surface area contributed by atoms with Gasteiger partial charge in [0.2, 0.25) is 6.79 Å². The van der Waals surface area contributed by atoms with Crippen LogP contribution in [0, 0.1) is 0 Å². The van der Waals surface area contributed by atoms with Crippen LogP contribution in [0.3, 0.4) is 0 Å². The minimum atomic E-state index is -0.0966. The van der Waals surface area contributed by atoms with Crippen molar-refractivity contribution in [3.63, 3.8) is 0 Å². The summed E-state index contributed by atoms with van der Waals surface area (Å²) in [7, 11) is 0. The maximum absolute atomic E-state index is 12.2. The first kappa shape index (κ1) is 12.3. The van der Waals surface area contributed by atoms with Gasteiger partial charge < -0.3 is 20.5 Å². The van der Waals surface area contributed by atoms with Gasteiger partial charge in [-0.2, -0.15) is 0 Å². The summed E-state index contributed by atoms with van der Waals surface area (Å²) in [6.45, 7) is 0.216. The van der Waals surface area contributed by atoms with Crippen molar-refractivity contribution in [2.45, 2.75) is 37.8 Å². The fraction of sp³-hybridized carbons (Fsp3) is 0.500. The van der Waals surface area contributed by atoms with Crippen LogP contribution in [0.15, 0.2) is 18.2 Å². The van der Waals surface area contributed by atoms with Crippen molar-refractivity contribution in [1.82, 2.24) is 5.32 Å². The number of amides is 1. The predicted octanol–water partition coefficient (Wildman–Crippen LogP) is 1.41. The number of ether oxygens (including phenoxy) is 2. The molecule has 0 aromatic heterocycles. The lowest BCUT2D eigenvalue weighted by atomic mass is 9.91. The number of carbonyl (C=O) groups excluding carboxylic acids is 1. The van der Waals surface area contributed by atoms with Crippen LogP contribution in [-0.4, -0.2) is 24.8 Å². The number of nitrogens with one attached hydrogen (secondary N) is 1. The van der Waals surface area contributed by atoms with Crippen molar-refractivity contribution in [3.8, 4) is 11.5 Å². The van der Waals surface area contributed by atoms with Gasteiger partial charge >= 0.3 is 0 Å². The van der Waals surface area contributed by atoms with Crippen molar-refractivity contribution in [1.29, 1.82) is 0 Å². The van der Waals surface area contributed by atoms with Crippen molar-refractivity contribution in [2.75, 3.05) is 6.79 Å². The van der Waals surface area contributed by atoms with E-state index < -0.39 is 0 Å². The van der Waals surface area contributed by atoms with Gasteiger partial charge in [-0.25, -0.2) is 0 Å². The number of fused-ring (bicyclic) bond motifs is 1. The average Bonchev–Trinajstić information content (AvgIpc) is 2.88. The molecular formula is C14H18N2O3. The van der Waals surface area contributed by atoms with E-state index in [0.29, 0.717) is 17.1 Å². The van der Waals surface area contributed by atoms with Crippen LogP contribution in [-0.2, 0) is 0 Å². The Morgan fingerprint density at radius 1 is 1.21 bits per heavy atom. The van der Waals surface area contributed by atoms with Gasteiger partial charge in [-0.05, 0) is 31.0 Å². The van der Waals surface area contributed by atoms with Crippen LogP contribution >= 0.6 is 0 Å². The molecule has 2 atom stereocenters. The molecule has 1 aliphatic carbocycles. The molecule has 1 fully saturated rings. The summed E-state index contributed by atoms with van der Waals surface area (Å²) >= 11 is 0. The number of nitrogens with two attached hydrogens (primary N) is 1. The van der Waals surface area contributed by atoms with Crippen LogP contribution in [0.5, 0.6) is 11.5 Å². The minimum absolute atomic E-state index is 0.0618. The minimum Gasteiger partial charge on any atom is -0.454 e. The molecule has 1 heterocycles. The van der Waals surface area contributed by atoms with Gasteiger partial charge in [0.15, 0.2) is 11.5 Å². The van der Waals surface area contributed by atoms with Gasteiger partial charge in [0.1, 0.15) is 0 Å². The predicted molar refractivity (Wildman–Crippen MR) is 70.3 cm³/mol. The van der Waals surface area contributed by atoms with Crippen molar-refractivity contribution < 1.29 is 14.3 Å². The zero-order valence-corrected chi connectivity index (χ0v) is 10.7. The normalized spacial score (nSPS) is 25.1. The monoisotopic (exact) mass is 262 g/mol. The highest BCUT2D eigenvalue weighted by molar-refractivity contribution is 5.95. The molecule has 3 N–H and O–H groups in total. The topological polar surface area (TPSA) is 73.6 Å². The van der Waals surface area contributed by atoms with Crippen LogP contribution in [0.2, 0.25) is 0 Å². The Hall–Kier alpha value is -1.75. The van der Waals surface area contributed by atoms with Gasteiger partial charge in [-0.3, -0.25) is 4.79 Å². The molecule has 1 aromatic rings. The average molecular weight is 262 g/mol. The standard InChI is InChI=1S/C14H18N2O3/c15-10-3-1-2-4-11(10)16-14(17)9-5-6-12-13(7-9)19-8-18-12/h5-7,10-11H,1-4,8,15H2,(H,16,17)/t10-,11-/m1/s1. The molecule has 5 nitrogen and oxygen atoms in total. The molecule has 0 radical (unpaired) electrons. The van der Waals surface area contributed by atoms with Crippen LogP contribution in [0.4, 0.5) is 0 Å². The third-order valence-corrected chi connectivity index (χ3v) is 3.77. The molecule has 0 bridgehead atoms. The molecule has 1 saturated carbocycles. The quantitative estimate of drug-likeness (QED) is 0.845. The zero-order valence-electron chi connectivity index (χ0n) is 10.7. The number of rotatable bonds is 2. The van der Waals surface area contributed by atoms with E-state index in [0.717, 1.165) is 25.7 Å². The summed E-state index contributed by atoms with van der Waals surface area (Å²) in [5.41, 5.74) is 6.62. The van der Waals surface area contributed by atoms with Crippen molar-refractivity contribution in [2.24, 2.45) is 5.73 Å². The number of hydrogen-bond donors (Lipinski definition) is 2. The highest BCUT2D eigenvalue weighted by atomic mass is 16.7. The molecule has 5 heteroatoms. The first-order valence-corrected chi connectivity index (χ1v) is 6.70. The van der Waals surface area contributed by atoms with E-state index in [1.54, 1.807) is 18.2 Å². The zero-order chi connectivity index (χ0) is 13.2. The number of carbonyl (C=O) groups is 1. The lowest BCUT2D eigenvalue weighted by Crippen LogP contribution is -2.49. The molecule has 1 aliphatic heterocycles. The molecule has 0 unspecified atom stereocenters. The summed E-state index contributed by atoms with van der Waals surface area (Å²) in [6, 6.07) is 5.36. The summed E-state index contributed by atoms with van der Waals surface area (Å²) in [4.78, 5) is 12.2. The molecule has 1 aromatic carbocycles. The Bertz CT molecular complexity index is 490. The van der Waals surface area contributed by atoms with E-state index in [4.69, 9.17) is 15.2 Å². The van der Waals surface area contributed by atoms with E-state index in [1.165, 1.54) is 0 Å². The summed E-state index contributed by atoms with van der Waals surface area (Å²) in [6.07, 6.45) is 4.21. The summed E-state index contributed by atoms with van der Waals surface area (Å²) < 4.78 is 10.5. The van der Waals surface area contributed by atoms with E-state index in [2.05, 4.69) is 5.32 Å². The SMILES string of the molecule is N[C@@H]1CCCC[C@H]1NC(=O)c1ccc2c(c1)OCO2. The molecule has 0 saturated heterocycles. The maximum Gasteiger partial charge on any atom is 0.251 e. The molecule has 102 valence electrons. The molecule has 3 rings (SSSR count). The Morgan fingerprint density at radius 2 is 2.00 bits per heavy atom. The molecular weight excluding hydrogens is 244 g/mol. The maximum atomic E-state index is 12.2. The second-order valence-electron chi connectivity index (χ2n) is 5.10. The van der Waals surface area contributed by atoms with Gasteiger partial charge in [-0.15, -0.1) is 0 Å². The van der Waals surface area contributed by atoms with Crippen LogP contribution in [0.1, 0.15) is 36.0 Å². The highest BCUT2D eigenvalue weighted by Gasteiger charge is 2.24. The lowest BCUT2D eigenvalue weighted by Gasteiger charge is -2.29. The first-order chi connectivity index (χ1) is 9.24. The third-order valence-electron chi connectivity index (χ3n) is 3.77. The summed E-state index contributed by atoms with van der Waals surface area (Å²) in [5.74, 6) is 1.21. The second kappa shape index (κ2) is 5.09. The van der Waals surface area contributed by atoms with Gasteiger partial charge in [-0.1, -0.05) is 12.8 Å². The molecule has 0 spiro atoms. The summed E-state index contributed by atoms with van der Waals surface area (Å²) in [5, 5.41) is 3.02. The Balaban J connectivity index is 1.70. The van der Waals surface area contributed by atoms with Gasteiger partial charge in [0.25, 0.3) is 5.91 Å². The van der Waals surface area contributed by atoms with Crippen LogP contribution < -0.4 is 20.5 Å². The fourth-order valence-corrected chi connectivity index (χ4v) is 2.63. The van der Waals surface area contributed by atoms with E-state index in [9.17, 15) is 4.79 Å². The van der Waals surface area contributed by atoms with Crippen molar-refractivity contribution >= 4 is 5.91 Å². The van der Waals surface area contributed by atoms with Crippen LogP contribution in [0.25, 0.3) is 0 Å². The first-order valence-electron chi connectivity index (χ1n) is 6.70.